The van der Waals surface area contributed by atoms with Gasteiger partial charge in [0.15, 0.2) is 0 Å². The molecule has 0 amide bonds. The van der Waals surface area contributed by atoms with E-state index in [-0.39, 0.29) is 0 Å². The van der Waals surface area contributed by atoms with Crippen LogP contribution in [0.3, 0.4) is 0 Å². The lowest BCUT2D eigenvalue weighted by molar-refractivity contribution is 0.529. The van der Waals surface area contributed by atoms with Crippen molar-refractivity contribution in [2.45, 2.75) is 0 Å². The van der Waals surface area contributed by atoms with E-state index in [4.69, 9.17) is 16.3 Å². The number of ether oxygens (including phenoxy) is 1. The maximum atomic E-state index is 6.05. The Kier molecular flexibility index (Phi) is 3.89. The van der Waals surface area contributed by atoms with E-state index in [1.165, 1.54) is 0 Å². The summed E-state index contributed by atoms with van der Waals surface area (Å²) in [5, 5.41) is 0.719. The van der Waals surface area contributed by atoms with Crippen LogP contribution in [0.2, 0.25) is 5.02 Å². The standard InChI is InChI=1S/C21H14ClNO/c22-16-12-10-15(11-13-16)14-20-18-8-4-5-9-19(18)21(24-20)23-17-6-2-1-3-7-17/h1-14H. The molecule has 1 aliphatic rings. The van der Waals surface area contributed by atoms with Crippen molar-refractivity contribution in [2.24, 2.45) is 4.99 Å². The van der Waals surface area contributed by atoms with Crippen LogP contribution >= 0.6 is 11.6 Å². The molecular weight excluding hydrogens is 318 g/mol. The third-order valence-corrected chi connectivity index (χ3v) is 4.04. The molecule has 0 saturated heterocycles. The maximum Gasteiger partial charge on any atom is 0.227 e. The Labute approximate surface area is 145 Å². The van der Waals surface area contributed by atoms with Crippen LogP contribution in [0.1, 0.15) is 16.7 Å². The minimum atomic E-state index is 0.622. The summed E-state index contributed by atoms with van der Waals surface area (Å²) in [6.07, 6.45) is 2.00. The van der Waals surface area contributed by atoms with Crippen LogP contribution in [-0.2, 0) is 4.74 Å². The van der Waals surface area contributed by atoms with E-state index in [1.54, 1.807) is 0 Å². The van der Waals surface area contributed by atoms with Crippen LogP contribution in [-0.4, -0.2) is 5.90 Å². The number of para-hydroxylation sites is 1. The van der Waals surface area contributed by atoms with Crippen molar-refractivity contribution in [3.63, 3.8) is 0 Å². The molecule has 24 heavy (non-hydrogen) atoms. The zero-order chi connectivity index (χ0) is 16.4. The molecule has 0 N–H and O–H groups in total. The number of halogens is 1. The van der Waals surface area contributed by atoms with E-state index in [1.807, 2.05) is 84.9 Å². The molecule has 0 radical (unpaired) electrons. The number of nitrogens with zero attached hydrogens (tertiary/aromatic N) is 1. The van der Waals surface area contributed by atoms with Crippen molar-refractivity contribution < 1.29 is 4.74 Å². The van der Waals surface area contributed by atoms with Crippen molar-refractivity contribution in [3.05, 3.63) is 101 Å². The van der Waals surface area contributed by atoms with Gasteiger partial charge in [-0.15, -0.1) is 0 Å². The Balaban J connectivity index is 1.76. The highest BCUT2D eigenvalue weighted by atomic mass is 35.5. The van der Waals surface area contributed by atoms with Gasteiger partial charge in [-0.25, -0.2) is 4.99 Å². The van der Waals surface area contributed by atoms with Crippen molar-refractivity contribution in [2.75, 3.05) is 0 Å². The largest absolute Gasteiger partial charge is 0.438 e. The Morgan fingerprint density at radius 3 is 2.17 bits per heavy atom. The number of hydrogen-bond acceptors (Lipinski definition) is 2. The summed E-state index contributed by atoms with van der Waals surface area (Å²) in [6, 6.07) is 25.6. The molecular formula is C21H14ClNO. The van der Waals surface area contributed by atoms with Gasteiger partial charge in [0.2, 0.25) is 5.90 Å². The Morgan fingerprint density at radius 2 is 1.42 bits per heavy atom. The minimum absolute atomic E-state index is 0.622. The number of rotatable bonds is 2. The third-order valence-electron chi connectivity index (χ3n) is 3.78. The fraction of sp³-hybridized carbons (Fsp3) is 0. The lowest BCUT2D eigenvalue weighted by Crippen LogP contribution is -1.95. The van der Waals surface area contributed by atoms with Gasteiger partial charge in [-0.3, -0.25) is 0 Å². The van der Waals surface area contributed by atoms with Crippen molar-refractivity contribution >= 4 is 35.0 Å². The molecule has 1 heterocycles. The Morgan fingerprint density at radius 1 is 0.750 bits per heavy atom. The molecule has 0 saturated carbocycles. The highest BCUT2D eigenvalue weighted by Gasteiger charge is 2.24. The average Bonchev–Trinajstić information content (AvgIpc) is 2.96. The second kappa shape index (κ2) is 6.34. The molecule has 4 rings (SSSR count). The molecule has 2 nitrogen and oxygen atoms in total. The molecule has 0 fully saturated rings. The predicted octanol–water partition coefficient (Wildman–Crippen LogP) is 5.95. The summed E-state index contributed by atoms with van der Waals surface area (Å²) < 4.78 is 6.05. The van der Waals surface area contributed by atoms with Crippen molar-refractivity contribution in [3.8, 4) is 0 Å². The zero-order valence-corrected chi connectivity index (χ0v) is 13.6. The smallest absolute Gasteiger partial charge is 0.227 e. The number of hydrogen-bond donors (Lipinski definition) is 0. The van der Waals surface area contributed by atoms with Gasteiger partial charge in [0, 0.05) is 16.1 Å². The zero-order valence-electron chi connectivity index (χ0n) is 12.8. The topological polar surface area (TPSA) is 21.6 Å². The van der Waals surface area contributed by atoms with Gasteiger partial charge in [-0.1, -0.05) is 60.1 Å². The van der Waals surface area contributed by atoms with Crippen molar-refractivity contribution in [1.82, 2.24) is 0 Å². The molecule has 3 aromatic carbocycles. The molecule has 116 valence electrons. The van der Waals surface area contributed by atoms with Gasteiger partial charge in [-0.05, 0) is 42.0 Å². The number of fused-ring (bicyclic) bond motifs is 1. The summed E-state index contributed by atoms with van der Waals surface area (Å²) in [6.45, 7) is 0. The van der Waals surface area contributed by atoms with Gasteiger partial charge in [0.05, 0.1) is 5.69 Å². The van der Waals surface area contributed by atoms with Gasteiger partial charge in [0.25, 0.3) is 0 Å². The van der Waals surface area contributed by atoms with Crippen LogP contribution in [0.5, 0.6) is 0 Å². The Bertz CT molecular complexity index is 928. The lowest BCUT2D eigenvalue weighted by atomic mass is 10.1. The van der Waals surface area contributed by atoms with Gasteiger partial charge in [0.1, 0.15) is 5.76 Å². The molecule has 0 spiro atoms. The normalized spacial score (nSPS) is 16.2. The SMILES string of the molecule is Clc1ccc(C=C2OC(=Nc3ccccc3)c3ccccc32)cc1. The predicted molar refractivity (Wildman–Crippen MR) is 99.5 cm³/mol. The average molecular weight is 332 g/mol. The van der Waals surface area contributed by atoms with Gasteiger partial charge >= 0.3 is 0 Å². The molecule has 0 aromatic heterocycles. The van der Waals surface area contributed by atoms with Crippen molar-refractivity contribution in [1.29, 1.82) is 0 Å². The fourth-order valence-corrected chi connectivity index (χ4v) is 2.74. The van der Waals surface area contributed by atoms with Crippen LogP contribution < -0.4 is 0 Å². The molecule has 0 aliphatic carbocycles. The highest BCUT2D eigenvalue weighted by molar-refractivity contribution is 6.30. The maximum absolute atomic E-state index is 6.05. The summed E-state index contributed by atoms with van der Waals surface area (Å²) in [4.78, 5) is 4.64. The number of aliphatic imine (C=N–C) groups is 1. The third kappa shape index (κ3) is 2.97. The Hall–Kier alpha value is -2.84. The van der Waals surface area contributed by atoms with Gasteiger partial charge < -0.3 is 4.74 Å². The first kappa shape index (κ1) is 14.7. The first-order valence-corrected chi connectivity index (χ1v) is 8.06. The van der Waals surface area contributed by atoms with E-state index < -0.39 is 0 Å². The highest BCUT2D eigenvalue weighted by Crippen LogP contribution is 2.33. The van der Waals surface area contributed by atoms with E-state index >= 15 is 0 Å². The van der Waals surface area contributed by atoms with E-state index in [9.17, 15) is 0 Å². The molecule has 0 unspecified atom stereocenters. The second-order valence-corrected chi connectivity index (χ2v) is 5.90. The summed E-state index contributed by atoms with van der Waals surface area (Å²) in [5.74, 6) is 1.42. The first-order chi connectivity index (χ1) is 11.8. The summed E-state index contributed by atoms with van der Waals surface area (Å²) in [5.41, 5.74) is 3.95. The molecule has 3 aromatic rings. The van der Waals surface area contributed by atoms with Gasteiger partial charge in [-0.2, -0.15) is 0 Å². The molecule has 3 heteroatoms. The van der Waals surface area contributed by atoms with E-state index in [2.05, 4.69) is 4.99 Å². The summed E-state index contributed by atoms with van der Waals surface area (Å²) in [7, 11) is 0. The quantitative estimate of drug-likeness (QED) is 0.569. The van der Waals surface area contributed by atoms with E-state index in [0.29, 0.717) is 5.90 Å². The fourth-order valence-electron chi connectivity index (χ4n) is 2.62. The van der Waals surface area contributed by atoms with E-state index in [0.717, 1.165) is 33.2 Å². The van der Waals surface area contributed by atoms with Crippen LogP contribution in [0.15, 0.2) is 83.9 Å². The van der Waals surface area contributed by atoms with Crippen LogP contribution in [0.4, 0.5) is 5.69 Å². The first-order valence-electron chi connectivity index (χ1n) is 7.68. The number of benzene rings is 3. The minimum Gasteiger partial charge on any atom is -0.438 e. The van der Waals surface area contributed by atoms with Crippen LogP contribution in [0, 0.1) is 0 Å². The molecule has 1 aliphatic heterocycles. The monoisotopic (exact) mass is 331 g/mol. The lowest BCUT2D eigenvalue weighted by Gasteiger charge is -2.01. The summed E-state index contributed by atoms with van der Waals surface area (Å²) >= 11 is 5.95. The second-order valence-electron chi connectivity index (χ2n) is 5.46. The molecule has 0 bridgehead atoms. The van der Waals surface area contributed by atoms with Crippen LogP contribution in [0.25, 0.3) is 11.8 Å². The molecule has 0 atom stereocenters.